The third-order valence-corrected chi connectivity index (χ3v) is 5.34. The van der Waals surface area contributed by atoms with Gasteiger partial charge in [-0.05, 0) is 23.8 Å². The predicted octanol–water partition coefficient (Wildman–Crippen LogP) is 3.99. The van der Waals surface area contributed by atoms with Gasteiger partial charge in [0.1, 0.15) is 16.9 Å². The fourth-order valence-electron chi connectivity index (χ4n) is 2.80. The highest BCUT2D eigenvalue weighted by molar-refractivity contribution is 7.99. The molecule has 2 aromatic rings. The molecule has 0 saturated carbocycles. The number of ether oxygens (including phenoxy) is 2. The second kappa shape index (κ2) is 8.12. The van der Waals surface area contributed by atoms with Crippen molar-refractivity contribution in [2.24, 2.45) is 0 Å². The summed E-state index contributed by atoms with van der Waals surface area (Å²) in [4.78, 5) is 14.6. The number of carbonyl (C=O) groups is 1. The molecule has 25 heavy (non-hydrogen) atoms. The summed E-state index contributed by atoms with van der Waals surface area (Å²) in [5.74, 6) is 2.40. The van der Waals surface area contributed by atoms with Gasteiger partial charge in [0.15, 0.2) is 0 Å². The van der Waals surface area contributed by atoms with Crippen molar-refractivity contribution in [1.82, 2.24) is 4.90 Å². The van der Waals surface area contributed by atoms with Gasteiger partial charge in [-0.15, -0.1) is 11.8 Å². The quantitative estimate of drug-likeness (QED) is 0.760. The number of thioether (sulfide) groups is 1. The maximum Gasteiger partial charge on any atom is 0.247 e. The molecule has 0 N–H and O–H groups in total. The number of benzene rings is 2. The van der Waals surface area contributed by atoms with Gasteiger partial charge in [0, 0.05) is 30.0 Å². The van der Waals surface area contributed by atoms with Crippen molar-refractivity contribution in [3.63, 3.8) is 0 Å². The molecule has 0 spiro atoms. The fourth-order valence-corrected chi connectivity index (χ4v) is 4.09. The van der Waals surface area contributed by atoms with E-state index in [1.54, 1.807) is 32.1 Å². The van der Waals surface area contributed by atoms with Gasteiger partial charge in [0.05, 0.1) is 14.2 Å². The van der Waals surface area contributed by atoms with E-state index in [0.717, 1.165) is 34.9 Å². The zero-order valence-electron chi connectivity index (χ0n) is 14.3. The van der Waals surface area contributed by atoms with E-state index in [2.05, 4.69) is 0 Å². The summed E-state index contributed by atoms with van der Waals surface area (Å²) in [6.07, 6.45) is 3.50. The van der Waals surface area contributed by atoms with E-state index in [1.807, 2.05) is 59.5 Å². The average Bonchev–Trinajstić information content (AvgIpc) is 3.16. The monoisotopic (exact) mass is 355 g/mol. The topological polar surface area (TPSA) is 38.8 Å². The van der Waals surface area contributed by atoms with E-state index >= 15 is 0 Å². The molecule has 1 atom stereocenters. The van der Waals surface area contributed by atoms with E-state index < -0.39 is 0 Å². The first-order chi connectivity index (χ1) is 12.2. The van der Waals surface area contributed by atoms with Crippen LogP contribution in [0.5, 0.6) is 11.5 Å². The lowest BCUT2D eigenvalue weighted by Crippen LogP contribution is -2.28. The van der Waals surface area contributed by atoms with Crippen LogP contribution in [0.15, 0.2) is 54.6 Å². The Kier molecular flexibility index (Phi) is 5.66. The Balaban J connectivity index is 1.81. The summed E-state index contributed by atoms with van der Waals surface area (Å²) >= 11 is 1.75. The van der Waals surface area contributed by atoms with Crippen molar-refractivity contribution in [3.8, 4) is 11.5 Å². The zero-order chi connectivity index (χ0) is 17.6. The number of carbonyl (C=O) groups excluding carboxylic acids is 1. The summed E-state index contributed by atoms with van der Waals surface area (Å²) in [6, 6.07) is 15.6. The SMILES string of the molecule is COc1ccc(C2SCCN2C(=O)C=Cc2ccccc2)c(OC)c1. The number of amides is 1. The lowest BCUT2D eigenvalue weighted by atomic mass is 10.1. The summed E-state index contributed by atoms with van der Waals surface area (Å²) in [6.45, 7) is 0.725. The van der Waals surface area contributed by atoms with Crippen LogP contribution in [0.3, 0.4) is 0 Å². The Bertz CT molecular complexity index is 761. The summed E-state index contributed by atoms with van der Waals surface area (Å²) < 4.78 is 10.8. The third-order valence-electron chi connectivity index (χ3n) is 4.10. The minimum Gasteiger partial charge on any atom is -0.497 e. The molecule has 0 aromatic heterocycles. The van der Waals surface area contributed by atoms with Crippen molar-refractivity contribution < 1.29 is 14.3 Å². The maximum atomic E-state index is 12.7. The highest BCUT2D eigenvalue weighted by atomic mass is 32.2. The molecule has 2 aromatic carbocycles. The van der Waals surface area contributed by atoms with Crippen molar-refractivity contribution in [1.29, 1.82) is 0 Å². The van der Waals surface area contributed by atoms with Crippen LogP contribution in [0.2, 0.25) is 0 Å². The molecule has 1 saturated heterocycles. The van der Waals surface area contributed by atoms with Gasteiger partial charge in [-0.3, -0.25) is 4.79 Å². The molecule has 0 aliphatic carbocycles. The van der Waals surface area contributed by atoms with Crippen LogP contribution in [0.4, 0.5) is 0 Å². The van der Waals surface area contributed by atoms with E-state index in [9.17, 15) is 4.79 Å². The molecule has 1 fully saturated rings. The molecule has 0 radical (unpaired) electrons. The molecule has 4 nitrogen and oxygen atoms in total. The highest BCUT2D eigenvalue weighted by Gasteiger charge is 2.31. The smallest absolute Gasteiger partial charge is 0.247 e. The van der Waals surface area contributed by atoms with E-state index in [1.165, 1.54) is 0 Å². The fraction of sp³-hybridized carbons (Fsp3) is 0.250. The lowest BCUT2D eigenvalue weighted by Gasteiger charge is -2.24. The molecule has 1 aliphatic heterocycles. The third kappa shape index (κ3) is 3.99. The lowest BCUT2D eigenvalue weighted by molar-refractivity contribution is -0.126. The summed E-state index contributed by atoms with van der Waals surface area (Å²) in [5, 5.41) is -0.0474. The van der Waals surface area contributed by atoms with Crippen LogP contribution >= 0.6 is 11.8 Å². The Morgan fingerprint density at radius 3 is 2.68 bits per heavy atom. The van der Waals surface area contributed by atoms with Gasteiger partial charge >= 0.3 is 0 Å². The number of methoxy groups -OCH3 is 2. The van der Waals surface area contributed by atoms with Gasteiger partial charge in [0.25, 0.3) is 0 Å². The van der Waals surface area contributed by atoms with Gasteiger partial charge in [-0.25, -0.2) is 0 Å². The zero-order valence-corrected chi connectivity index (χ0v) is 15.2. The van der Waals surface area contributed by atoms with Gasteiger partial charge in [0.2, 0.25) is 5.91 Å². The van der Waals surface area contributed by atoms with Crippen LogP contribution < -0.4 is 9.47 Å². The first-order valence-electron chi connectivity index (χ1n) is 8.10. The Morgan fingerprint density at radius 1 is 1.16 bits per heavy atom. The Morgan fingerprint density at radius 2 is 1.96 bits per heavy atom. The number of rotatable bonds is 5. The molecule has 1 amide bonds. The molecule has 1 unspecified atom stereocenters. The number of hydrogen-bond donors (Lipinski definition) is 0. The number of nitrogens with zero attached hydrogens (tertiary/aromatic N) is 1. The normalized spacial score (nSPS) is 17.0. The van der Waals surface area contributed by atoms with E-state index in [4.69, 9.17) is 9.47 Å². The van der Waals surface area contributed by atoms with Gasteiger partial charge < -0.3 is 14.4 Å². The van der Waals surface area contributed by atoms with E-state index in [-0.39, 0.29) is 11.3 Å². The largest absolute Gasteiger partial charge is 0.497 e. The van der Waals surface area contributed by atoms with Crippen molar-refractivity contribution in [2.75, 3.05) is 26.5 Å². The van der Waals surface area contributed by atoms with Gasteiger partial charge in [-0.1, -0.05) is 30.3 Å². The van der Waals surface area contributed by atoms with Crippen LogP contribution in [-0.2, 0) is 4.79 Å². The Hall–Kier alpha value is -2.40. The predicted molar refractivity (Wildman–Crippen MR) is 102 cm³/mol. The highest BCUT2D eigenvalue weighted by Crippen LogP contribution is 2.43. The van der Waals surface area contributed by atoms with Gasteiger partial charge in [-0.2, -0.15) is 0 Å². The molecule has 130 valence electrons. The molecule has 1 aliphatic rings. The summed E-state index contributed by atoms with van der Waals surface area (Å²) in [5.41, 5.74) is 2.01. The standard InChI is InChI=1S/C20H21NO3S/c1-23-16-9-10-17(18(14-16)24-2)20-21(12-13-25-20)19(22)11-8-15-6-4-3-5-7-15/h3-11,14,20H,12-13H2,1-2H3. The second-order valence-electron chi connectivity index (χ2n) is 5.61. The average molecular weight is 355 g/mol. The van der Waals surface area contributed by atoms with Crippen LogP contribution in [0, 0.1) is 0 Å². The molecular weight excluding hydrogens is 334 g/mol. The minimum absolute atomic E-state index is 0.0109. The van der Waals surface area contributed by atoms with Crippen molar-refractivity contribution >= 4 is 23.7 Å². The molecule has 0 bridgehead atoms. The summed E-state index contributed by atoms with van der Waals surface area (Å²) in [7, 11) is 3.27. The van der Waals surface area contributed by atoms with Crippen molar-refractivity contribution in [3.05, 3.63) is 65.7 Å². The minimum atomic E-state index is -0.0474. The number of hydrogen-bond acceptors (Lipinski definition) is 4. The van der Waals surface area contributed by atoms with Crippen LogP contribution in [-0.4, -0.2) is 37.3 Å². The van der Waals surface area contributed by atoms with Crippen LogP contribution in [0.1, 0.15) is 16.5 Å². The van der Waals surface area contributed by atoms with Crippen molar-refractivity contribution in [2.45, 2.75) is 5.37 Å². The molecular formula is C20H21NO3S. The molecule has 1 heterocycles. The second-order valence-corrected chi connectivity index (χ2v) is 6.79. The van der Waals surface area contributed by atoms with E-state index in [0.29, 0.717) is 0 Å². The first-order valence-corrected chi connectivity index (χ1v) is 9.15. The maximum absolute atomic E-state index is 12.7. The first kappa shape index (κ1) is 17.4. The van der Waals surface area contributed by atoms with Crippen LogP contribution in [0.25, 0.3) is 6.08 Å². The Labute approximate surface area is 152 Å². The molecule has 5 heteroatoms. The molecule has 3 rings (SSSR count).